The first-order valence-electron chi connectivity index (χ1n) is 4.74. The van der Waals surface area contributed by atoms with E-state index < -0.39 is 28.8 Å². The molecule has 9 nitrogen and oxygen atoms in total. The Morgan fingerprint density at radius 2 is 2.28 bits per heavy atom. The fraction of sp³-hybridized carbons (Fsp3) is 0.333. The fourth-order valence-corrected chi connectivity index (χ4v) is 1.04. The van der Waals surface area contributed by atoms with Gasteiger partial charge in [0.2, 0.25) is 0 Å². The van der Waals surface area contributed by atoms with Crippen molar-refractivity contribution in [2.75, 3.05) is 13.7 Å². The van der Waals surface area contributed by atoms with E-state index in [1.54, 1.807) is 0 Å². The molecule has 0 fully saturated rings. The summed E-state index contributed by atoms with van der Waals surface area (Å²) in [5, 5.41) is 21.6. The van der Waals surface area contributed by atoms with E-state index in [1.165, 1.54) is 0 Å². The molecule has 0 aliphatic heterocycles. The molecule has 1 aromatic heterocycles. The number of carbonyl (C=O) groups excluding carboxylic acids is 2. The van der Waals surface area contributed by atoms with Crippen molar-refractivity contribution in [1.29, 1.82) is 0 Å². The van der Waals surface area contributed by atoms with Crippen LogP contribution in [-0.4, -0.2) is 41.7 Å². The van der Waals surface area contributed by atoms with Crippen molar-refractivity contribution in [3.05, 3.63) is 28.0 Å². The molecule has 2 N–H and O–H groups in total. The number of amides is 1. The molecule has 1 amide bonds. The third kappa shape index (κ3) is 3.28. The Bertz CT molecular complexity index is 467. The number of rotatable bonds is 5. The van der Waals surface area contributed by atoms with E-state index in [0.29, 0.717) is 0 Å². The second kappa shape index (κ2) is 5.77. The monoisotopic (exact) mass is 258 g/mol. The van der Waals surface area contributed by atoms with Gasteiger partial charge in [0.25, 0.3) is 5.91 Å². The molecule has 98 valence electrons. The van der Waals surface area contributed by atoms with Gasteiger partial charge in [0, 0.05) is 0 Å². The molecule has 0 aliphatic carbocycles. The Kier molecular flexibility index (Phi) is 4.38. The summed E-state index contributed by atoms with van der Waals surface area (Å²) < 4.78 is 8.85. The third-order valence-electron chi connectivity index (χ3n) is 1.92. The third-order valence-corrected chi connectivity index (χ3v) is 1.92. The van der Waals surface area contributed by atoms with Gasteiger partial charge >= 0.3 is 11.9 Å². The number of nitrogens with zero attached hydrogens (tertiary/aromatic N) is 1. The number of aliphatic hydroxyl groups excluding tert-OH is 1. The molecule has 1 atom stereocenters. The lowest BCUT2D eigenvalue weighted by Gasteiger charge is -2.08. The lowest BCUT2D eigenvalue weighted by atomic mass is 10.3. The second-order valence-corrected chi connectivity index (χ2v) is 3.14. The summed E-state index contributed by atoms with van der Waals surface area (Å²) in [6, 6.07) is 2.13. The van der Waals surface area contributed by atoms with Crippen LogP contribution in [0.3, 0.4) is 0 Å². The predicted molar refractivity (Wildman–Crippen MR) is 55.7 cm³/mol. The molecule has 0 radical (unpaired) electrons. The largest absolute Gasteiger partial charge is 0.467 e. The highest BCUT2D eigenvalue weighted by Gasteiger charge is 2.20. The predicted octanol–water partition coefficient (Wildman–Crippen LogP) is -0.549. The van der Waals surface area contributed by atoms with Crippen LogP contribution in [0.15, 0.2) is 16.5 Å². The summed E-state index contributed by atoms with van der Waals surface area (Å²) in [5.41, 5.74) is 0. The van der Waals surface area contributed by atoms with Crippen molar-refractivity contribution in [1.82, 2.24) is 5.32 Å². The van der Waals surface area contributed by atoms with Gasteiger partial charge in [-0.25, -0.2) is 4.79 Å². The highest BCUT2D eigenvalue weighted by atomic mass is 16.6. The molecule has 18 heavy (non-hydrogen) atoms. The number of furan rings is 1. The molecular formula is C9H10N2O7. The van der Waals surface area contributed by atoms with Crippen LogP contribution in [0.4, 0.5) is 5.88 Å². The van der Waals surface area contributed by atoms with E-state index in [4.69, 9.17) is 0 Å². The first kappa shape index (κ1) is 13.6. The van der Waals surface area contributed by atoms with Crippen LogP contribution in [0.5, 0.6) is 0 Å². The molecule has 0 aliphatic rings. The minimum absolute atomic E-state index is 0.293. The number of esters is 1. The topological polar surface area (TPSA) is 132 Å². The van der Waals surface area contributed by atoms with Crippen molar-refractivity contribution in [3.8, 4) is 0 Å². The Balaban J connectivity index is 2.55. The van der Waals surface area contributed by atoms with Crippen LogP contribution >= 0.6 is 0 Å². The summed E-state index contributed by atoms with van der Waals surface area (Å²) in [5.74, 6) is -2.56. The molecule has 0 saturated heterocycles. The van der Waals surface area contributed by atoms with Gasteiger partial charge in [-0.05, 0) is 6.07 Å². The summed E-state index contributed by atoms with van der Waals surface area (Å²) >= 11 is 0. The molecule has 1 rings (SSSR count). The van der Waals surface area contributed by atoms with E-state index >= 15 is 0 Å². The van der Waals surface area contributed by atoms with E-state index in [9.17, 15) is 24.8 Å². The molecular weight excluding hydrogens is 248 g/mol. The van der Waals surface area contributed by atoms with E-state index in [-0.39, 0.29) is 12.3 Å². The Hall–Kier alpha value is -2.42. The smallest absolute Gasteiger partial charge is 0.433 e. The lowest BCUT2D eigenvalue weighted by molar-refractivity contribution is -0.402. The van der Waals surface area contributed by atoms with Crippen LogP contribution < -0.4 is 5.32 Å². The maximum atomic E-state index is 11.4. The molecule has 1 heterocycles. The van der Waals surface area contributed by atoms with Crippen molar-refractivity contribution >= 4 is 17.8 Å². The normalized spacial score (nSPS) is 11.7. The summed E-state index contributed by atoms with van der Waals surface area (Å²) in [7, 11) is 1.09. The number of nitrogens with one attached hydrogen (secondary N) is 1. The van der Waals surface area contributed by atoms with E-state index in [0.717, 1.165) is 19.2 Å². The average molecular weight is 258 g/mol. The molecule has 0 saturated carbocycles. The van der Waals surface area contributed by atoms with Gasteiger partial charge in [0.15, 0.2) is 11.9 Å². The fourth-order valence-electron chi connectivity index (χ4n) is 1.04. The number of hydrogen-bond donors (Lipinski definition) is 2. The maximum Gasteiger partial charge on any atom is 0.433 e. The number of nitro groups is 1. The highest BCUT2D eigenvalue weighted by Crippen LogP contribution is 2.15. The molecule has 0 spiro atoms. The van der Waals surface area contributed by atoms with Crippen molar-refractivity contribution in [3.63, 3.8) is 0 Å². The number of ether oxygens (including phenoxy) is 1. The minimum Gasteiger partial charge on any atom is -0.467 e. The number of hydrogen-bond acceptors (Lipinski definition) is 7. The Labute approximate surface area is 100 Å². The Morgan fingerprint density at radius 3 is 2.78 bits per heavy atom. The number of aliphatic hydroxyl groups is 1. The minimum atomic E-state index is -1.51. The first-order valence-corrected chi connectivity index (χ1v) is 4.74. The zero-order chi connectivity index (χ0) is 13.7. The summed E-state index contributed by atoms with van der Waals surface area (Å²) in [6.07, 6.45) is -1.51. The number of methoxy groups -OCH3 is 1. The van der Waals surface area contributed by atoms with Crippen LogP contribution in [-0.2, 0) is 9.53 Å². The SMILES string of the molecule is COC(=O)C(O)CNC(=O)c1ccc([N+](=O)[O-])o1. The van der Waals surface area contributed by atoms with Gasteiger partial charge in [0.05, 0.1) is 19.7 Å². The van der Waals surface area contributed by atoms with Crippen LogP contribution in [0.2, 0.25) is 0 Å². The van der Waals surface area contributed by atoms with E-state index in [1.807, 2.05) is 0 Å². The summed E-state index contributed by atoms with van der Waals surface area (Å²) in [4.78, 5) is 31.7. The molecule has 0 aromatic carbocycles. The van der Waals surface area contributed by atoms with Gasteiger partial charge in [-0.3, -0.25) is 14.9 Å². The van der Waals surface area contributed by atoms with Gasteiger partial charge in [-0.1, -0.05) is 0 Å². The Morgan fingerprint density at radius 1 is 1.61 bits per heavy atom. The second-order valence-electron chi connectivity index (χ2n) is 3.14. The van der Waals surface area contributed by atoms with Crippen molar-refractivity contribution in [2.45, 2.75) is 6.10 Å². The quantitative estimate of drug-likeness (QED) is 0.411. The van der Waals surface area contributed by atoms with Gasteiger partial charge in [0.1, 0.15) is 4.92 Å². The molecule has 1 unspecified atom stereocenters. The van der Waals surface area contributed by atoms with Gasteiger partial charge < -0.3 is 19.6 Å². The zero-order valence-corrected chi connectivity index (χ0v) is 9.28. The zero-order valence-electron chi connectivity index (χ0n) is 9.28. The van der Waals surface area contributed by atoms with E-state index in [2.05, 4.69) is 14.5 Å². The average Bonchev–Trinajstić information content (AvgIpc) is 2.84. The first-order chi connectivity index (χ1) is 8.45. The number of carbonyl (C=O) groups is 2. The molecule has 0 bridgehead atoms. The highest BCUT2D eigenvalue weighted by molar-refractivity contribution is 5.92. The molecule has 1 aromatic rings. The van der Waals surface area contributed by atoms with Crippen LogP contribution in [0, 0.1) is 10.1 Å². The summed E-state index contributed by atoms with van der Waals surface area (Å²) in [6.45, 7) is -0.389. The van der Waals surface area contributed by atoms with Crippen molar-refractivity contribution in [2.24, 2.45) is 0 Å². The lowest BCUT2D eigenvalue weighted by Crippen LogP contribution is -2.37. The maximum absolute atomic E-state index is 11.4. The molecule has 9 heteroatoms. The standard InChI is InChI=1S/C9H10N2O7/c1-17-9(14)5(12)4-10-8(13)6-2-3-7(18-6)11(15)16/h2-3,5,12H,4H2,1H3,(H,10,13). The van der Waals surface area contributed by atoms with Gasteiger partial charge in [-0.15, -0.1) is 0 Å². The van der Waals surface area contributed by atoms with Gasteiger partial charge in [-0.2, -0.15) is 0 Å². The van der Waals surface area contributed by atoms with Crippen LogP contribution in [0.25, 0.3) is 0 Å². The van der Waals surface area contributed by atoms with Crippen LogP contribution in [0.1, 0.15) is 10.6 Å². The van der Waals surface area contributed by atoms with Crippen molar-refractivity contribution < 1.29 is 28.8 Å².